The van der Waals surface area contributed by atoms with Crippen LogP contribution in [-0.4, -0.2) is 11.2 Å². The fourth-order valence-corrected chi connectivity index (χ4v) is 3.64. The Morgan fingerprint density at radius 1 is 0.762 bits per heavy atom. The van der Waals surface area contributed by atoms with Crippen molar-refractivity contribution in [3.05, 3.63) is 83.4 Å². The molecular weight excluding hydrogens is 256 g/mol. The molecule has 1 N–H and O–H groups in total. The molecule has 21 heavy (non-hydrogen) atoms. The highest BCUT2D eigenvalue weighted by Crippen LogP contribution is 2.39. The van der Waals surface area contributed by atoms with E-state index in [1.807, 2.05) is 0 Å². The summed E-state index contributed by atoms with van der Waals surface area (Å²) in [5, 5.41) is 13.1. The van der Waals surface area contributed by atoms with Crippen molar-refractivity contribution in [3.63, 3.8) is 0 Å². The molecule has 3 aromatic rings. The Kier molecular flexibility index (Phi) is 3.01. The lowest BCUT2D eigenvalue weighted by Crippen LogP contribution is -2.26. The molecule has 3 aromatic carbocycles. The Balaban J connectivity index is 1.96. The molecule has 2 atom stereocenters. The van der Waals surface area contributed by atoms with Crippen molar-refractivity contribution in [2.75, 3.05) is 0 Å². The zero-order valence-electron chi connectivity index (χ0n) is 11.9. The average molecular weight is 274 g/mol. The topological polar surface area (TPSA) is 20.2 Å². The minimum Gasteiger partial charge on any atom is -0.392 e. The maximum atomic E-state index is 10.6. The van der Waals surface area contributed by atoms with E-state index in [4.69, 9.17) is 0 Å². The van der Waals surface area contributed by atoms with E-state index in [1.54, 1.807) is 0 Å². The lowest BCUT2D eigenvalue weighted by atomic mass is 9.76. The summed E-state index contributed by atoms with van der Waals surface area (Å²) >= 11 is 0. The van der Waals surface area contributed by atoms with Gasteiger partial charge in [-0.05, 0) is 40.3 Å². The van der Waals surface area contributed by atoms with Gasteiger partial charge in [0.05, 0.1) is 6.10 Å². The Bertz CT molecular complexity index is 785. The molecule has 0 bridgehead atoms. The molecule has 1 nitrogen and oxygen atoms in total. The largest absolute Gasteiger partial charge is 0.392 e. The second-order valence-corrected chi connectivity index (χ2v) is 5.85. The van der Waals surface area contributed by atoms with E-state index in [-0.39, 0.29) is 12.0 Å². The number of hydrogen-bond acceptors (Lipinski definition) is 1. The van der Waals surface area contributed by atoms with Gasteiger partial charge in [-0.2, -0.15) is 0 Å². The van der Waals surface area contributed by atoms with Crippen molar-refractivity contribution in [3.8, 4) is 0 Å². The van der Waals surface area contributed by atoms with Crippen LogP contribution in [0.1, 0.15) is 29.0 Å². The predicted octanol–water partition coefficient (Wildman–Crippen LogP) is 4.28. The van der Waals surface area contributed by atoms with Crippen molar-refractivity contribution >= 4 is 10.8 Å². The maximum Gasteiger partial charge on any atom is 0.0652 e. The lowest BCUT2D eigenvalue weighted by molar-refractivity contribution is 0.140. The lowest BCUT2D eigenvalue weighted by Gasteiger charge is -2.31. The highest BCUT2D eigenvalue weighted by molar-refractivity contribution is 5.86. The third kappa shape index (κ3) is 2.05. The second kappa shape index (κ2) is 5.01. The molecule has 0 radical (unpaired) electrons. The smallest absolute Gasteiger partial charge is 0.0652 e. The first-order valence-corrected chi connectivity index (χ1v) is 7.58. The first-order valence-electron chi connectivity index (χ1n) is 7.58. The number of benzene rings is 3. The van der Waals surface area contributed by atoms with Crippen LogP contribution in [0.3, 0.4) is 0 Å². The van der Waals surface area contributed by atoms with Crippen molar-refractivity contribution in [1.29, 1.82) is 0 Å². The zero-order chi connectivity index (χ0) is 14.2. The van der Waals surface area contributed by atoms with E-state index in [9.17, 15) is 5.11 Å². The van der Waals surface area contributed by atoms with Gasteiger partial charge in [-0.15, -0.1) is 0 Å². The minimum absolute atomic E-state index is 0.0843. The van der Waals surface area contributed by atoms with Crippen LogP contribution in [0.4, 0.5) is 0 Å². The van der Waals surface area contributed by atoms with Crippen molar-refractivity contribution in [2.45, 2.75) is 24.9 Å². The molecule has 1 heteroatoms. The third-order valence-electron chi connectivity index (χ3n) is 4.64. The Morgan fingerprint density at radius 2 is 1.48 bits per heavy atom. The monoisotopic (exact) mass is 274 g/mol. The van der Waals surface area contributed by atoms with Crippen LogP contribution >= 0.6 is 0 Å². The average Bonchev–Trinajstić information content (AvgIpc) is 2.54. The summed E-state index contributed by atoms with van der Waals surface area (Å²) in [7, 11) is 0. The van der Waals surface area contributed by atoms with Crippen LogP contribution in [0.2, 0.25) is 0 Å². The molecule has 0 saturated carbocycles. The third-order valence-corrected chi connectivity index (χ3v) is 4.64. The first kappa shape index (κ1) is 12.6. The van der Waals surface area contributed by atoms with Crippen LogP contribution in [-0.2, 0) is 6.42 Å². The molecule has 0 saturated heterocycles. The van der Waals surface area contributed by atoms with Crippen LogP contribution in [0.15, 0.2) is 66.7 Å². The van der Waals surface area contributed by atoms with Gasteiger partial charge in [0.25, 0.3) is 0 Å². The van der Waals surface area contributed by atoms with Crippen molar-refractivity contribution < 1.29 is 5.11 Å². The summed E-state index contributed by atoms with van der Waals surface area (Å²) in [6, 6.07) is 23.4. The summed E-state index contributed by atoms with van der Waals surface area (Å²) in [6.45, 7) is 0. The minimum atomic E-state index is -0.300. The molecule has 0 fully saturated rings. The normalized spacial score (nSPS) is 21.2. The van der Waals surface area contributed by atoms with E-state index in [2.05, 4.69) is 66.7 Å². The maximum absolute atomic E-state index is 10.6. The molecule has 1 aliphatic rings. The van der Waals surface area contributed by atoms with E-state index in [0.29, 0.717) is 0 Å². The van der Waals surface area contributed by atoms with E-state index >= 15 is 0 Å². The predicted molar refractivity (Wildman–Crippen MR) is 86.6 cm³/mol. The molecule has 4 rings (SSSR count). The van der Waals surface area contributed by atoms with Crippen LogP contribution < -0.4 is 0 Å². The van der Waals surface area contributed by atoms with Gasteiger partial charge in [0.1, 0.15) is 0 Å². The fourth-order valence-electron chi connectivity index (χ4n) is 3.64. The number of hydrogen-bond donors (Lipinski definition) is 1. The second-order valence-electron chi connectivity index (χ2n) is 5.85. The Labute approximate surface area is 124 Å². The molecule has 0 amide bonds. The molecule has 0 spiro atoms. The number of aryl methyl sites for hydroxylation is 1. The number of rotatable bonds is 1. The molecule has 0 aromatic heterocycles. The van der Waals surface area contributed by atoms with Gasteiger partial charge < -0.3 is 5.11 Å². The SMILES string of the molecule is OC1CCc2ccccc2C1c1cccc2ccccc12. The van der Waals surface area contributed by atoms with Crippen molar-refractivity contribution in [2.24, 2.45) is 0 Å². The number of aliphatic hydroxyl groups excluding tert-OH is 1. The molecule has 0 heterocycles. The molecule has 1 aliphatic carbocycles. The summed E-state index contributed by atoms with van der Waals surface area (Å²) < 4.78 is 0. The Hall–Kier alpha value is -2.12. The summed E-state index contributed by atoms with van der Waals surface area (Å²) in [6.07, 6.45) is 1.51. The number of fused-ring (bicyclic) bond motifs is 2. The highest BCUT2D eigenvalue weighted by atomic mass is 16.3. The van der Waals surface area contributed by atoms with E-state index in [0.717, 1.165) is 12.8 Å². The number of aliphatic hydroxyl groups is 1. The molecule has 0 aliphatic heterocycles. The summed E-state index contributed by atoms with van der Waals surface area (Å²) in [5.74, 6) is 0.0843. The quantitative estimate of drug-likeness (QED) is 0.702. The van der Waals surface area contributed by atoms with Crippen molar-refractivity contribution in [1.82, 2.24) is 0 Å². The van der Waals surface area contributed by atoms with Crippen LogP contribution in [0, 0.1) is 0 Å². The van der Waals surface area contributed by atoms with Gasteiger partial charge in [-0.25, -0.2) is 0 Å². The molecule has 104 valence electrons. The Morgan fingerprint density at radius 3 is 2.43 bits per heavy atom. The summed E-state index contributed by atoms with van der Waals surface area (Å²) in [5.41, 5.74) is 3.90. The highest BCUT2D eigenvalue weighted by Gasteiger charge is 2.30. The molecule has 2 unspecified atom stereocenters. The van der Waals surface area contributed by atoms with Gasteiger partial charge in [-0.3, -0.25) is 0 Å². The first-order chi connectivity index (χ1) is 10.3. The van der Waals surface area contributed by atoms with Gasteiger partial charge in [0.2, 0.25) is 0 Å². The fraction of sp³-hybridized carbons (Fsp3) is 0.200. The zero-order valence-corrected chi connectivity index (χ0v) is 11.9. The van der Waals surface area contributed by atoms with E-state index in [1.165, 1.54) is 27.5 Å². The van der Waals surface area contributed by atoms with Gasteiger partial charge in [0, 0.05) is 5.92 Å². The van der Waals surface area contributed by atoms with Crippen LogP contribution in [0.5, 0.6) is 0 Å². The summed E-state index contributed by atoms with van der Waals surface area (Å²) in [4.78, 5) is 0. The standard InChI is InChI=1S/C20H18O/c21-19-13-12-15-7-2-4-10-17(15)20(19)18-11-5-8-14-6-1-3-9-16(14)18/h1-11,19-21H,12-13H2. The van der Waals surface area contributed by atoms with Crippen LogP contribution in [0.25, 0.3) is 10.8 Å². The van der Waals surface area contributed by atoms with Gasteiger partial charge >= 0.3 is 0 Å². The van der Waals surface area contributed by atoms with Gasteiger partial charge in [-0.1, -0.05) is 66.7 Å². The van der Waals surface area contributed by atoms with E-state index < -0.39 is 0 Å². The molecular formula is C20H18O. The van der Waals surface area contributed by atoms with Gasteiger partial charge in [0.15, 0.2) is 0 Å².